The fraction of sp³-hybridized carbons (Fsp3) is 0.280. The first-order valence-electron chi connectivity index (χ1n) is 10.4. The highest BCUT2D eigenvalue weighted by Gasteiger charge is 2.13. The van der Waals surface area contributed by atoms with Crippen molar-refractivity contribution in [2.24, 2.45) is 0 Å². The van der Waals surface area contributed by atoms with Gasteiger partial charge in [0.05, 0.1) is 24.2 Å². The number of fused-ring (bicyclic) bond motifs is 3. The number of rotatable bonds is 8. The van der Waals surface area contributed by atoms with Gasteiger partial charge >= 0.3 is 0 Å². The number of hydrogen-bond donors (Lipinski definition) is 2. The Morgan fingerprint density at radius 3 is 2.00 bits per heavy atom. The number of ether oxygens (including phenoxy) is 1. The maximum Gasteiger partial charge on any atom is 0.124 e. The van der Waals surface area contributed by atoms with Crippen LogP contribution in [-0.4, -0.2) is 11.2 Å². The fourth-order valence-corrected chi connectivity index (χ4v) is 3.96. The lowest BCUT2D eigenvalue weighted by Crippen LogP contribution is -2.05. The molecule has 31 heavy (non-hydrogen) atoms. The van der Waals surface area contributed by atoms with E-state index < -0.39 is 0 Å². The maximum absolute atomic E-state index is 6.14. The highest BCUT2D eigenvalue weighted by atomic mass is 35.5. The summed E-state index contributed by atoms with van der Waals surface area (Å²) in [6.07, 6.45) is 4.79. The summed E-state index contributed by atoms with van der Waals surface area (Å²) in [5, 5.41) is 2.37. The zero-order chi connectivity index (χ0) is 20.2. The van der Waals surface area contributed by atoms with Crippen LogP contribution in [0.1, 0.15) is 38.2 Å². The molecule has 166 valence electrons. The molecular weight excluding hydrogens is 429 g/mol. The van der Waals surface area contributed by atoms with Gasteiger partial charge in [-0.25, -0.2) is 0 Å². The predicted molar refractivity (Wildman–Crippen MR) is 138 cm³/mol. The molecule has 4 rings (SSSR count). The highest BCUT2D eigenvalue weighted by Crippen LogP contribution is 2.33. The third-order valence-corrected chi connectivity index (χ3v) is 5.47. The zero-order valence-electron chi connectivity index (χ0n) is 17.8. The number of benzene rings is 3. The lowest BCUT2D eigenvalue weighted by molar-refractivity contribution is 0.301. The van der Waals surface area contributed by atoms with E-state index in [1.54, 1.807) is 0 Å². The quantitative estimate of drug-likeness (QED) is 0.224. The second-order valence-corrected chi connectivity index (χ2v) is 7.66. The van der Waals surface area contributed by atoms with Crippen molar-refractivity contribution < 1.29 is 4.74 Å². The predicted octanol–water partition coefficient (Wildman–Crippen LogP) is 6.81. The molecule has 0 spiro atoms. The largest absolute Gasteiger partial charge is 0.493 e. The van der Waals surface area contributed by atoms with Gasteiger partial charge < -0.3 is 20.8 Å². The van der Waals surface area contributed by atoms with E-state index in [0.717, 1.165) is 46.7 Å². The minimum atomic E-state index is 0. The van der Waals surface area contributed by atoms with E-state index in [1.807, 2.05) is 30.3 Å². The molecule has 4 aromatic rings. The average molecular weight is 460 g/mol. The Kier molecular flexibility index (Phi) is 8.90. The monoisotopic (exact) mass is 459 g/mol. The van der Waals surface area contributed by atoms with E-state index in [2.05, 4.69) is 41.8 Å². The van der Waals surface area contributed by atoms with Crippen LogP contribution in [0.25, 0.3) is 21.8 Å². The van der Waals surface area contributed by atoms with Crippen LogP contribution >= 0.6 is 24.8 Å². The summed E-state index contributed by atoms with van der Waals surface area (Å²) < 4.78 is 8.43. The molecule has 0 amide bonds. The third-order valence-electron chi connectivity index (χ3n) is 5.47. The van der Waals surface area contributed by atoms with Crippen LogP contribution in [0.3, 0.4) is 0 Å². The number of nitrogens with zero attached hydrogens (tertiary/aromatic N) is 1. The van der Waals surface area contributed by atoms with Crippen molar-refractivity contribution in [3.8, 4) is 5.75 Å². The topological polar surface area (TPSA) is 66.2 Å². The molecule has 4 N–H and O–H groups in total. The highest BCUT2D eigenvalue weighted by molar-refractivity contribution is 6.09. The van der Waals surface area contributed by atoms with E-state index in [1.165, 1.54) is 30.0 Å². The third kappa shape index (κ3) is 5.38. The van der Waals surface area contributed by atoms with E-state index >= 15 is 0 Å². The average Bonchev–Trinajstić information content (AvgIpc) is 3.01. The van der Waals surface area contributed by atoms with E-state index in [0.29, 0.717) is 6.54 Å². The van der Waals surface area contributed by atoms with Crippen molar-refractivity contribution in [1.82, 2.24) is 4.57 Å². The van der Waals surface area contributed by atoms with Crippen molar-refractivity contribution in [1.29, 1.82) is 0 Å². The molecule has 0 unspecified atom stereocenters. The van der Waals surface area contributed by atoms with Gasteiger partial charge in [-0.15, -0.1) is 24.8 Å². The first-order chi connectivity index (χ1) is 14.2. The van der Waals surface area contributed by atoms with E-state index in [-0.39, 0.29) is 24.8 Å². The number of anilines is 2. The van der Waals surface area contributed by atoms with Crippen molar-refractivity contribution in [3.05, 3.63) is 66.2 Å². The number of nitrogens with two attached hydrogens (primary N) is 2. The Hall–Kier alpha value is -2.56. The molecule has 0 saturated heterocycles. The molecule has 0 saturated carbocycles. The lowest BCUT2D eigenvalue weighted by atomic mass is 10.1. The van der Waals surface area contributed by atoms with Crippen LogP contribution in [0.15, 0.2) is 60.7 Å². The zero-order valence-corrected chi connectivity index (χ0v) is 19.5. The first-order valence-corrected chi connectivity index (χ1v) is 10.4. The Labute approximate surface area is 196 Å². The van der Waals surface area contributed by atoms with Gasteiger partial charge in [-0.05, 0) is 36.8 Å². The molecule has 0 radical (unpaired) electrons. The molecule has 0 bridgehead atoms. The molecule has 0 atom stereocenters. The standard InChI is InChI=1S/C25H29N3O.2ClH/c1-2-3-4-7-14-29-25-9-6-5-8-18(25)17-28-23-15-19(26)10-12-21(23)22-13-11-20(27)16-24(22)28;;/h5-6,8-13,15-16H,2-4,7,14,17,26-27H2,1H3;2*1H. The number of hydrogen-bond acceptors (Lipinski definition) is 3. The Morgan fingerprint density at radius 2 is 1.39 bits per heavy atom. The van der Waals surface area contributed by atoms with Gasteiger partial charge in [0.25, 0.3) is 0 Å². The van der Waals surface area contributed by atoms with E-state index in [4.69, 9.17) is 16.2 Å². The molecule has 1 aromatic heterocycles. The minimum absolute atomic E-state index is 0. The number of aromatic nitrogens is 1. The second-order valence-electron chi connectivity index (χ2n) is 7.66. The number of para-hydroxylation sites is 1. The van der Waals surface area contributed by atoms with Crippen LogP contribution in [0.4, 0.5) is 11.4 Å². The molecule has 0 aliphatic carbocycles. The van der Waals surface area contributed by atoms with Crippen LogP contribution in [0.5, 0.6) is 5.75 Å². The number of halogens is 2. The normalized spacial score (nSPS) is 10.6. The lowest BCUT2D eigenvalue weighted by Gasteiger charge is -2.14. The summed E-state index contributed by atoms with van der Waals surface area (Å²) in [6.45, 7) is 3.68. The van der Waals surface area contributed by atoms with Crippen molar-refractivity contribution in [2.45, 2.75) is 39.2 Å². The Balaban J connectivity index is 0.00000171. The molecule has 0 fully saturated rings. The van der Waals surface area contributed by atoms with Crippen molar-refractivity contribution in [2.75, 3.05) is 18.1 Å². The number of unbranched alkanes of at least 4 members (excludes halogenated alkanes) is 3. The van der Waals surface area contributed by atoms with Gasteiger partial charge in [0.2, 0.25) is 0 Å². The maximum atomic E-state index is 6.14. The van der Waals surface area contributed by atoms with Gasteiger partial charge in [-0.1, -0.05) is 56.5 Å². The summed E-state index contributed by atoms with van der Waals surface area (Å²) in [4.78, 5) is 0. The van der Waals surface area contributed by atoms with Crippen molar-refractivity contribution >= 4 is 58.0 Å². The number of nitrogen functional groups attached to an aromatic ring is 2. The second kappa shape index (κ2) is 11.2. The van der Waals surface area contributed by atoms with Crippen LogP contribution in [0.2, 0.25) is 0 Å². The SMILES string of the molecule is CCCCCCOc1ccccc1Cn1c2cc(N)ccc2c2ccc(N)cc21.Cl.Cl. The molecule has 4 nitrogen and oxygen atoms in total. The molecule has 3 aromatic carbocycles. The summed E-state index contributed by atoms with van der Waals surface area (Å²) >= 11 is 0. The van der Waals surface area contributed by atoms with Crippen LogP contribution in [-0.2, 0) is 6.54 Å². The molecular formula is C25H31Cl2N3O. The van der Waals surface area contributed by atoms with Crippen LogP contribution in [0, 0.1) is 0 Å². The van der Waals surface area contributed by atoms with Crippen molar-refractivity contribution in [3.63, 3.8) is 0 Å². The van der Waals surface area contributed by atoms with E-state index in [9.17, 15) is 0 Å². The molecule has 1 heterocycles. The Morgan fingerprint density at radius 1 is 0.774 bits per heavy atom. The van der Waals surface area contributed by atoms with Crippen LogP contribution < -0.4 is 16.2 Å². The molecule has 0 aliphatic rings. The summed E-state index contributed by atoms with van der Waals surface area (Å²) in [6, 6.07) is 20.5. The summed E-state index contributed by atoms with van der Waals surface area (Å²) in [5.74, 6) is 0.951. The van der Waals surface area contributed by atoms with Gasteiger partial charge in [0.1, 0.15) is 5.75 Å². The van der Waals surface area contributed by atoms with Gasteiger partial charge in [0.15, 0.2) is 0 Å². The van der Waals surface area contributed by atoms with Gasteiger partial charge in [-0.3, -0.25) is 0 Å². The Bertz CT molecular complexity index is 1080. The first kappa shape index (κ1) is 24.7. The molecule has 6 heteroatoms. The van der Waals surface area contributed by atoms with Gasteiger partial charge in [-0.2, -0.15) is 0 Å². The van der Waals surface area contributed by atoms with Gasteiger partial charge in [0, 0.05) is 27.7 Å². The minimum Gasteiger partial charge on any atom is -0.493 e. The summed E-state index contributed by atoms with van der Waals surface area (Å²) in [5.41, 5.74) is 17.1. The molecule has 0 aliphatic heterocycles. The fourth-order valence-electron chi connectivity index (χ4n) is 3.96. The summed E-state index contributed by atoms with van der Waals surface area (Å²) in [7, 11) is 0. The smallest absolute Gasteiger partial charge is 0.124 e.